The molecule has 92 valence electrons. The standard InChI is InChI=1S/C11H22N4O/c1-4-6-15-7-5-13-11(15)10(14-12)8-16-9(2)3/h5,7,9-10,14H,4,6,8,12H2,1-3H3. The highest BCUT2D eigenvalue weighted by molar-refractivity contribution is 4.99. The van der Waals surface area contributed by atoms with E-state index in [9.17, 15) is 0 Å². The number of nitrogens with one attached hydrogen (secondary N) is 1. The van der Waals surface area contributed by atoms with E-state index in [1.54, 1.807) is 6.20 Å². The molecule has 1 unspecified atom stereocenters. The molecule has 0 radical (unpaired) electrons. The molecular formula is C11H22N4O. The van der Waals surface area contributed by atoms with Crippen molar-refractivity contribution in [1.29, 1.82) is 0 Å². The first-order valence-electron chi connectivity index (χ1n) is 5.77. The van der Waals surface area contributed by atoms with Crippen LogP contribution >= 0.6 is 0 Å². The third-order valence-electron chi connectivity index (χ3n) is 2.32. The van der Waals surface area contributed by atoms with E-state index >= 15 is 0 Å². The number of rotatable bonds is 7. The fourth-order valence-corrected chi connectivity index (χ4v) is 1.55. The first-order chi connectivity index (χ1) is 7.69. The van der Waals surface area contributed by atoms with E-state index in [0.29, 0.717) is 6.61 Å². The number of hydrazine groups is 1. The van der Waals surface area contributed by atoms with Crippen LogP contribution in [0.4, 0.5) is 0 Å². The van der Waals surface area contributed by atoms with Crippen LogP contribution in [0, 0.1) is 0 Å². The van der Waals surface area contributed by atoms with Crippen molar-refractivity contribution in [3.63, 3.8) is 0 Å². The Kier molecular flexibility index (Phi) is 5.45. The average molecular weight is 226 g/mol. The molecule has 5 heteroatoms. The highest BCUT2D eigenvalue weighted by Crippen LogP contribution is 2.11. The fourth-order valence-electron chi connectivity index (χ4n) is 1.55. The molecule has 1 atom stereocenters. The van der Waals surface area contributed by atoms with Gasteiger partial charge >= 0.3 is 0 Å². The minimum atomic E-state index is -0.0519. The lowest BCUT2D eigenvalue weighted by Gasteiger charge is -2.18. The Hall–Kier alpha value is -0.910. The molecule has 3 N–H and O–H groups in total. The van der Waals surface area contributed by atoms with Crippen LogP contribution in [0.1, 0.15) is 39.1 Å². The zero-order valence-electron chi connectivity index (χ0n) is 10.3. The highest BCUT2D eigenvalue weighted by atomic mass is 16.5. The van der Waals surface area contributed by atoms with E-state index in [-0.39, 0.29) is 12.1 Å². The molecular weight excluding hydrogens is 204 g/mol. The zero-order chi connectivity index (χ0) is 12.0. The smallest absolute Gasteiger partial charge is 0.129 e. The summed E-state index contributed by atoms with van der Waals surface area (Å²) >= 11 is 0. The molecule has 1 aromatic heterocycles. The number of hydrogen-bond donors (Lipinski definition) is 2. The van der Waals surface area contributed by atoms with Crippen molar-refractivity contribution in [3.05, 3.63) is 18.2 Å². The Labute approximate surface area is 97.0 Å². The SMILES string of the molecule is CCCn1ccnc1C(COC(C)C)NN. The van der Waals surface area contributed by atoms with Crippen molar-refractivity contribution >= 4 is 0 Å². The van der Waals surface area contributed by atoms with Crippen LogP contribution in [-0.4, -0.2) is 22.3 Å². The number of ether oxygens (including phenoxy) is 1. The Morgan fingerprint density at radius 2 is 2.31 bits per heavy atom. The molecule has 5 nitrogen and oxygen atoms in total. The maximum atomic E-state index is 5.56. The molecule has 0 saturated carbocycles. The van der Waals surface area contributed by atoms with Crippen molar-refractivity contribution in [3.8, 4) is 0 Å². The largest absolute Gasteiger partial charge is 0.377 e. The summed E-state index contributed by atoms with van der Waals surface area (Å²) in [6.45, 7) is 7.64. The molecule has 0 fully saturated rings. The van der Waals surface area contributed by atoms with E-state index in [4.69, 9.17) is 10.6 Å². The predicted molar refractivity (Wildman–Crippen MR) is 63.7 cm³/mol. The Morgan fingerprint density at radius 1 is 1.56 bits per heavy atom. The maximum Gasteiger partial charge on any atom is 0.129 e. The Bertz CT molecular complexity index is 298. The van der Waals surface area contributed by atoms with Crippen LogP contribution in [-0.2, 0) is 11.3 Å². The van der Waals surface area contributed by atoms with Crippen LogP contribution in [0.2, 0.25) is 0 Å². The summed E-state index contributed by atoms with van der Waals surface area (Å²) < 4.78 is 7.66. The average Bonchev–Trinajstić information content (AvgIpc) is 2.68. The first kappa shape index (κ1) is 13.2. The summed E-state index contributed by atoms with van der Waals surface area (Å²) in [6, 6.07) is -0.0519. The van der Waals surface area contributed by atoms with E-state index in [2.05, 4.69) is 21.9 Å². The third kappa shape index (κ3) is 3.59. The molecule has 0 bridgehead atoms. The lowest BCUT2D eigenvalue weighted by Crippen LogP contribution is -2.34. The Morgan fingerprint density at radius 3 is 2.88 bits per heavy atom. The molecule has 0 aliphatic heterocycles. The van der Waals surface area contributed by atoms with E-state index in [1.165, 1.54) is 0 Å². The number of hydrogen-bond acceptors (Lipinski definition) is 4. The van der Waals surface area contributed by atoms with Crippen molar-refractivity contribution in [2.45, 2.75) is 45.9 Å². The Balaban J connectivity index is 2.66. The lowest BCUT2D eigenvalue weighted by molar-refractivity contribution is 0.0587. The summed E-state index contributed by atoms with van der Waals surface area (Å²) in [7, 11) is 0. The van der Waals surface area contributed by atoms with Crippen LogP contribution in [0.15, 0.2) is 12.4 Å². The summed E-state index contributed by atoms with van der Waals surface area (Å²) in [5, 5.41) is 0. The minimum Gasteiger partial charge on any atom is -0.377 e. The van der Waals surface area contributed by atoms with Gasteiger partial charge < -0.3 is 9.30 Å². The van der Waals surface area contributed by atoms with Gasteiger partial charge in [-0.2, -0.15) is 0 Å². The van der Waals surface area contributed by atoms with Gasteiger partial charge in [-0.1, -0.05) is 6.92 Å². The summed E-state index contributed by atoms with van der Waals surface area (Å²) in [6.07, 6.45) is 5.04. The number of aryl methyl sites for hydroxylation is 1. The van der Waals surface area contributed by atoms with E-state index < -0.39 is 0 Å². The van der Waals surface area contributed by atoms with Gasteiger partial charge in [-0.25, -0.2) is 10.4 Å². The van der Waals surface area contributed by atoms with Crippen molar-refractivity contribution < 1.29 is 4.74 Å². The molecule has 0 aliphatic carbocycles. The summed E-state index contributed by atoms with van der Waals surface area (Å²) in [4.78, 5) is 4.32. The van der Waals surface area contributed by atoms with Gasteiger partial charge in [0, 0.05) is 18.9 Å². The van der Waals surface area contributed by atoms with Crippen LogP contribution in [0.25, 0.3) is 0 Å². The number of nitrogens with two attached hydrogens (primary N) is 1. The predicted octanol–water partition coefficient (Wildman–Crippen LogP) is 1.22. The molecule has 0 amide bonds. The van der Waals surface area contributed by atoms with Gasteiger partial charge in [0.25, 0.3) is 0 Å². The van der Waals surface area contributed by atoms with Gasteiger partial charge in [0.15, 0.2) is 0 Å². The van der Waals surface area contributed by atoms with Crippen molar-refractivity contribution in [2.24, 2.45) is 5.84 Å². The summed E-state index contributed by atoms with van der Waals surface area (Å²) in [5.41, 5.74) is 2.75. The second-order valence-electron chi connectivity index (χ2n) is 4.08. The normalized spacial score (nSPS) is 13.3. The van der Waals surface area contributed by atoms with E-state index in [1.807, 2.05) is 20.0 Å². The van der Waals surface area contributed by atoms with Crippen molar-refractivity contribution in [2.75, 3.05) is 6.61 Å². The van der Waals surface area contributed by atoms with E-state index in [0.717, 1.165) is 18.8 Å². The van der Waals surface area contributed by atoms with Gasteiger partial charge in [-0.3, -0.25) is 5.84 Å². The van der Waals surface area contributed by atoms with Gasteiger partial charge in [-0.15, -0.1) is 0 Å². The fraction of sp³-hybridized carbons (Fsp3) is 0.727. The second kappa shape index (κ2) is 6.62. The van der Waals surface area contributed by atoms with Gasteiger partial charge in [0.05, 0.1) is 12.7 Å². The van der Waals surface area contributed by atoms with Gasteiger partial charge in [0.2, 0.25) is 0 Å². The second-order valence-corrected chi connectivity index (χ2v) is 4.08. The highest BCUT2D eigenvalue weighted by Gasteiger charge is 2.15. The monoisotopic (exact) mass is 226 g/mol. The number of aromatic nitrogens is 2. The molecule has 1 rings (SSSR count). The molecule has 0 saturated heterocycles. The van der Waals surface area contributed by atoms with Crippen LogP contribution in [0.3, 0.4) is 0 Å². The molecule has 0 spiro atoms. The lowest BCUT2D eigenvalue weighted by atomic mass is 10.3. The number of imidazole rings is 1. The minimum absolute atomic E-state index is 0.0519. The quantitative estimate of drug-likeness (QED) is 0.542. The number of nitrogens with zero attached hydrogens (tertiary/aromatic N) is 2. The molecule has 1 aromatic rings. The zero-order valence-corrected chi connectivity index (χ0v) is 10.3. The van der Waals surface area contributed by atoms with Crippen LogP contribution in [0.5, 0.6) is 0 Å². The molecule has 0 aromatic carbocycles. The molecule has 1 heterocycles. The van der Waals surface area contributed by atoms with Crippen LogP contribution < -0.4 is 11.3 Å². The third-order valence-corrected chi connectivity index (χ3v) is 2.32. The van der Waals surface area contributed by atoms with Gasteiger partial charge in [0.1, 0.15) is 11.9 Å². The maximum absolute atomic E-state index is 5.56. The molecule has 0 aliphatic rings. The topological polar surface area (TPSA) is 65.1 Å². The molecule has 16 heavy (non-hydrogen) atoms. The van der Waals surface area contributed by atoms with Gasteiger partial charge in [-0.05, 0) is 20.3 Å². The summed E-state index contributed by atoms with van der Waals surface area (Å²) in [5.74, 6) is 6.47. The van der Waals surface area contributed by atoms with Crippen molar-refractivity contribution in [1.82, 2.24) is 15.0 Å². The first-order valence-corrected chi connectivity index (χ1v) is 5.77.